The summed E-state index contributed by atoms with van der Waals surface area (Å²) in [5.74, 6) is -1.10. The summed E-state index contributed by atoms with van der Waals surface area (Å²) in [6.45, 7) is 0. The molecular weight excluding hydrogens is 857 g/mol. The van der Waals surface area contributed by atoms with Crippen LogP contribution in [0, 0.1) is 0 Å². The minimum Gasteiger partial charge on any atom is -0.377 e. The van der Waals surface area contributed by atoms with Crippen molar-refractivity contribution in [1.29, 1.82) is 0 Å². The molecule has 0 unspecified atom stereocenters. The first kappa shape index (κ1) is 41.5. The fourth-order valence-corrected chi connectivity index (χ4v) is 12.9. The van der Waals surface area contributed by atoms with Crippen LogP contribution in [0.1, 0.15) is 54.4 Å². The van der Waals surface area contributed by atoms with Crippen LogP contribution in [0.3, 0.4) is 0 Å². The number of fused-ring (bicyclic) bond motifs is 12. The minimum atomic E-state index is -1.94. The largest absolute Gasteiger partial charge is 0.377 e. The van der Waals surface area contributed by atoms with Gasteiger partial charge >= 0.3 is 0 Å². The van der Waals surface area contributed by atoms with Gasteiger partial charge in [0.05, 0.1) is 0 Å². The van der Waals surface area contributed by atoms with Crippen molar-refractivity contribution in [3.05, 3.63) is 241 Å². The molecule has 12 aromatic carbocycles. The molecule has 0 amide bonds. The molecule has 0 aromatic heterocycles. The van der Waals surface area contributed by atoms with Crippen molar-refractivity contribution in [2.24, 2.45) is 0 Å². The van der Waals surface area contributed by atoms with Gasteiger partial charge in [0.15, 0.2) is 5.79 Å². The van der Waals surface area contributed by atoms with Gasteiger partial charge in [-0.25, -0.2) is 0 Å². The minimum absolute atomic E-state index is 0.625. The molecule has 4 nitrogen and oxygen atoms in total. The van der Waals surface area contributed by atoms with Gasteiger partial charge in [0, 0.05) is 12.8 Å². The molecule has 12 aromatic rings. The standard InChI is InChI=1S/C66H50O4/c67-65(58-38-42-20-2-6-24-46(42)50-28-10-14-32-54(50)58,59-39-43-21-3-7-25-47(43)51-29-11-15-33-55(51)59)62-63(70-64(69-62)36-18-1-19-37-64)66(68,60-40-44-22-4-8-26-48(44)52-30-12-16-34-56(52)60)61-41-45-23-5-9-27-49(45)53-31-13-17-35-57(53)61/h2-17,20-35,38-41,62-63,67-68H,1,18-19,36-37H2/t62-,63-/m1/s1. The Balaban J connectivity index is 1.17. The number of hydrogen-bond donors (Lipinski definition) is 2. The normalized spacial score (nSPS) is 17.6. The summed E-state index contributed by atoms with van der Waals surface area (Å²) < 4.78 is 15.7. The number of hydrogen-bond acceptors (Lipinski definition) is 4. The van der Waals surface area contributed by atoms with Crippen LogP contribution >= 0.6 is 0 Å². The molecule has 2 atom stereocenters. The van der Waals surface area contributed by atoms with Gasteiger partial charge in [-0.3, -0.25) is 0 Å². The van der Waals surface area contributed by atoms with Gasteiger partial charge in [-0.05, 0) is 146 Å². The highest BCUT2D eigenvalue weighted by molar-refractivity contribution is 6.14. The lowest BCUT2D eigenvalue weighted by atomic mass is 9.68. The van der Waals surface area contributed by atoms with Crippen LogP contribution in [0.2, 0.25) is 0 Å². The fraction of sp³-hybridized carbons (Fsp3) is 0.152. The van der Waals surface area contributed by atoms with Gasteiger partial charge in [0.2, 0.25) is 0 Å². The molecule has 2 fully saturated rings. The summed E-state index contributed by atoms with van der Waals surface area (Å²) in [6, 6.07) is 76.1. The highest BCUT2D eigenvalue weighted by atomic mass is 16.8. The first-order valence-electron chi connectivity index (χ1n) is 24.9. The first-order chi connectivity index (χ1) is 34.4. The van der Waals surface area contributed by atoms with Crippen molar-refractivity contribution in [2.45, 2.75) is 61.3 Å². The molecular formula is C66H50O4. The Morgan fingerprint density at radius 1 is 0.300 bits per heavy atom. The second kappa shape index (κ2) is 15.8. The molecule has 14 rings (SSSR count). The monoisotopic (exact) mass is 906 g/mol. The van der Waals surface area contributed by atoms with Gasteiger partial charge in [-0.1, -0.05) is 201 Å². The van der Waals surface area contributed by atoms with Crippen LogP contribution in [0.5, 0.6) is 0 Å². The van der Waals surface area contributed by atoms with Gasteiger partial charge in [-0.2, -0.15) is 0 Å². The van der Waals surface area contributed by atoms with Crippen molar-refractivity contribution in [2.75, 3.05) is 0 Å². The lowest BCUT2D eigenvalue weighted by molar-refractivity contribution is -0.213. The third kappa shape index (κ3) is 6.04. The quantitative estimate of drug-likeness (QED) is 0.163. The number of aliphatic hydroxyl groups is 2. The Morgan fingerprint density at radius 3 is 0.800 bits per heavy atom. The Kier molecular flexibility index (Phi) is 9.37. The van der Waals surface area contributed by atoms with E-state index in [9.17, 15) is 0 Å². The van der Waals surface area contributed by atoms with Crippen LogP contribution in [0.4, 0.5) is 0 Å². The third-order valence-electron chi connectivity index (χ3n) is 16.1. The van der Waals surface area contributed by atoms with Gasteiger partial charge in [0.1, 0.15) is 23.4 Å². The van der Waals surface area contributed by atoms with Crippen molar-refractivity contribution in [3.8, 4) is 0 Å². The lowest BCUT2D eigenvalue weighted by Crippen LogP contribution is -2.55. The number of ether oxygens (including phenoxy) is 2. The van der Waals surface area contributed by atoms with Crippen LogP contribution < -0.4 is 0 Å². The van der Waals surface area contributed by atoms with E-state index in [0.717, 1.165) is 105 Å². The summed E-state index contributed by atoms with van der Waals surface area (Å²) in [5.41, 5.74) is -1.09. The highest BCUT2D eigenvalue weighted by Crippen LogP contribution is 2.58. The Labute approximate surface area is 406 Å². The lowest BCUT2D eigenvalue weighted by Gasteiger charge is -2.44. The summed E-state index contributed by atoms with van der Waals surface area (Å²) in [7, 11) is 0. The molecule has 0 radical (unpaired) electrons. The van der Waals surface area contributed by atoms with Crippen molar-refractivity contribution >= 4 is 86.2 Å². The maximum absolute atomic E-state index is 15.4. The molecule has 4 heteroatoms. The van der Waals surface area contributed by atoms with E-state index in [1.165, 1.54) is 0 Å². The summed E-state index contributed by atoms with van der Waals surface area (Å²) in [4.78, 5) is 0. The van der Waals surface area contributed by atoms with E-state index in [2.05, 4.69) is 218 Å². The third-order valence-corrected chi connectivity index (χ3v) is 16.1. The second-order valence-corrected chi connectivity index (χ2v) is 19.8. The molecule has 70 heavy (non-hydrogen) atoms. The average molecular weight is 907 g/mol. The fourth-order valence-electron chi connectivity index (χ4n) is 12.9. The molecule has 2 N–H and O–H groups in total. The zero-order chi connectivity index (χ0) is 46.6. The van der Waals surface area contributed by atoms with Crippen molar-refractivity contribution in [3.63, 3.8) is 0 Å². The maximum atomic E-state index is 15.4. The highest BCUT2D eigenvalue weighted by Gasteiger charge is 2.64. The molecule has 1 spiro atoms. The SMILES string of the molecule is OC(c1cc2ccccc2c2ccccc12)(c1cc2ccccc2c2ccccc12)[C@@H]1OC2(CCCCC2)O[C@H]1C(O)(c1cc2ccccc2c2ccccc12)c1cc2ccccc2c2ccccc12. The van der Waals surface area contributed by atoms with Crippen molar-refractivity contribution in [1.82, 2.24) is 0 Å². The zero-order valence-electron chi connectivity index (χ0n) is 38.7. The van der Waals surface area contributed by atoms with E-state index in [1.807, 2.05) is 0 Å². The Morgan fingerprint density at radius 2 is 0.529 bits per heavy atom. The average Bonchev–Trinajstić information content (AvgIpc) is 3.81. The predicted octanol–water partition coefficient (Wildman–Crippen LogP) is 15.5. The van der Waals surface area contributed by atoms with Gasteiger partial charge in [0.25, 0.3) is 0 Å². The Hall–Kier alpha value is -7.44. The molecule has 0 bridgehead atoms. The van der Waals surface area contributed by atoms with E-state index >= 15 is 10.2 Å². The molecule has 1 aliphatic heterocycles. The molecule has 338 valence electrons. The number of rotatable bonds is 6. The Bertz CT molecular complexity index is 3580. The summed E-state index contributed by atoms with van der Waals surface area (Å²) >= 11 is 0. The second-order valence-electron chi connectivity index (χ2n) is 19.8. The van der Waals surface area contributed by atoms with E-state index in [4.69, 9.17) is 9.47 Å². The first-order valence-corrected chi connectivity index (χ1v) is 24.9. The van der Waals surface area contributed by atoms with Crippen LogP contribution in [-0.2, 0) is 20.7 Å². The summed E-state index contributed by atoms with van der Waals surface area (Å²) in [6.07, 6.45) is 1.76. The van der Waals surface area contributed by atoms with Gasteiger partial charge in [-0.15, -0.1) is 0 Å². The van der Waals surface area contributed by atoms with E-state index < -0.39 is 29.2 Å². The molecule has 2 aliphatic rings. The number of benzene rings is 12. The van der Waals surface area contributed by atoms with E-state index in [0.29, 0.717) is 35.1 Å². The smallest absolute Gasteiger partial charge is 0.169 e. The van der Waals surface area contributed by atoms with Crippen LogP contribution in [0.25, 0.3) is 86.2 Å². The zero-order valence-corrected chi connectivity index (χ0v) is 38.7. The maximum Gasteiger partial charge on any atom is 0.169 e. The molecule has 1 aliphatic carbocycles. The molecule has 1 saturated carbocycles. The summed E-state index contributed by atoms with van der Waals surface area (Å²) in [5, 5.41) is 46.8. The van der Waals surface area contributed by atoms with Crippen LogP contribution in [0.15, 0.2) is 218 Å². The van der Waals surface area contributed by atoms with Crippen molar-refractivity contribution < 1.29 is 19.7 Å². The predicted molar refractivity (Wildman–Crippen MR) is 287 cm³/mol. The van der Waals surface area contributed by atoms with Crippen LogP contribution in [-0.4, -0.2) is 28.2 Å². The van der Waals surface area contributed by atoms with E-state index in [-0.39, 0.29) is 0 Å². The molecule has 1 heterocycles. The van der Waals surface area contributed by atoms with E-state index in [1.54, 1.807) is 0 Å². The molecule has 1 saturated heterocycles. The van der Waals surface area contributed by atoms with Gasteiger partial charge < -0.3 is 19.7 Å². The topological polar surface area (TPSA) is 58.9 Å².